The molecule has 0 saturated heterocycles. The van der Waals surface area contributed by atoms with E-state index < -0.39 is 5.97 Å². The molecular weight excluding hydrogens is 318 g/mol. The maximum atomic E-state index is 10.7. The van der Waals surface area contributed by atoms with Crippen molar-refractivity contribution in [1.29, 1.82) is 0 Å². The molecule has 132 valence electrons. The van der Waals surface area contributed by atoms with Crippen molar-refractivity contribution in [2.75, 3.05) is 11.9 Å². The first-order valence-electron chi connectivity index (χ1n) is 8.62. The fourth-order valence-electron chi connectivity index (χ4n) is 2.91. The van der Waals surface area contributed by atoms with Gasteiger partial charge in [0.15, 0.2) is 0 Å². The lowest BCUT2D eigenvalue weighted by molar-refractivity contribution is -0.137. The Labute approximate surface area is 146 Å². The van der Waals surface area contributed by atoms with E-state index in [1.807, 2.05) is 36.1 Å². The molecule has 3 aromatic rings. The van der Waals surface area contributed by atoms with Crippen LogP contribution in [0.5, 0.6) is 0 Å². The molecule has 0 saturated carbocycles. The number of hydrogen-bond acceptors (Lipinski definition) is 4. The lowest BCUT2D eigenvalue weighted by Crippen LogP contribution is -2.09. The van der Waals surface area contributed by atoms with Gasteiger partial charge in [0.25, 0.3) is 0 Å². The number of carbonyl (C=O) groups is 1. The maximum absolute atomic E-state index is 10.7. The topological polar surface area (TPSA) is 84.5 Å². The van der Waals surface area contributed by atoms with Crippen LogP contribution in [-0.4, -0.2) is 36.8 Å². The summed E-state index contributed by atoms with van der Waals surface area (Å²) in [5.74, 6) is 0.118. The number of anilines is 1. The number of carboxylic acid groups (broad SMARTS) is 1. The standard InChI is InChI=1S/C18H23N5O2/c1-3-14-7-5-8-15-21-17(13-11-20-22(4-2)12-13)18(23(14)15)19-10-6-9-16(24)25/h5,7-8,11-12,19H,3-4,6,9-10H2,1-2H3,(H,24,25). The minimum absolute atomic E-state index is 0.146. The molecular formula is C18H23N5O2. The van der Waals surface area contributed by atoms with Crippen LogP contribution >= 0.6 is 0 Å². The molecule has 0 aromatic carbocycles. The second-order valence-electron chi connectivity index (χ2n) is 5.88. The van der Waals surface area contributed by atoms with Gasteiger partial charge in [-0.05, 0) is 31.9 Å². The number of aromatic nitrogens is 4. The molecule has 0 fully saturated rings. The summed E-state index contributed by atoms with van der Waals surface area (Å²) in [6.07, 6.45) is 5.39. The molecule has 3 aromatic heterocycles. The number of nitrogens with zero attached hydrogens (tertiary/aromatic N) is 4. The van der Waals surface area contributed by atoms with Crippen molar-refractivity contribution in [3.05, 3.63) is 36.3 Å². The zero-order chi connectivity index (χ0) is 17.8. The third kappa shape index (κ3) is 3.50. The Morgan fingerprint density at radius 1 is 1.32 bits per heavy atom. The fourth-order valence-corrected chi connectivity index (χ4v) is 2.91. The van der Waals surface area contributed by atoms with Crippen molar-refractivity contribution < 1.29 is 9.90 Å². The molecule has 0 aliphatic heterocycles. The molecule has 0 aliphatic rings. The minimum atomic E-state index is -0.779. The van der Waals surface area contributed by atoms with E-state index >= 15 is 0 Å². The van der Waals surface area contributed by atoms with Crippen LogP contribution in [0.4, 0.5) is 5.82 Å². The van der Waals surface area contributed by atoms with Gasteiger partial charge in [0.1, 0.15) is 17.2 Å². The van der Waals surface area contributed by atoms with E-state index in [9.17, 15) is 4.79 Å². The Bertz CT molecular complexity index is 881. The molecule has 0 unspecified atom stereocenters. The number of hydrogen-bond donors (Lipinski definition) is 2. The summed E-state index contributed by atoms with van der Waals surface area (Å²) in [6.45, 7) is 5.53. The first-order valence-corrected chi connectivity index (χ1v) is 8.62. The summed E-state index contributed by atoms with van der Waals surface area (Å²) in [5, 5.41) is 16.6. The predicted molar refractivity (Wildman–Crippen MR) is 96.8 cm³/mol. The maximum Gasteiger partial charge on any atom is 0.303 e. The summed E-state index contributed by atoms with van der Waals surface area (Å²) < 4.78 is 3.98. The van der Waals surface area contributed by atoms with Crippen molar-refractivity contribution in [2.24, 2.45) is 0 Å². The molecule has 2 N–H and O–H groups in total. The van der Waals surface area contributed by atoms with Gasteiger partial charge in [-0.2, -0.15) is 5.10 Å². The number of carboxylic acids is 1. The van der Waals surface area contributed by atoms with Crippen molar-refractivity contribution in [3.8, 4) is 11.3 Å². The first kappa shape index (κ1) is 17.0. The van der Waals surface area contributed by atoms with Crippen molar-refractivity contribution in [2.45, 2.75) is 39.7 Å². The SMILES string of the molecule is CCc1cccc2nc(-c3cnn(CC)c3)c(NCCCC(=O)O)n12. The monoisotopic (exact) mass is 341 g/mol. The van der Waals surface area contributed by atoms with Crippen LogP contribution in [0.2, 0.25) is 0 Å². The highest BCUT2D eigenvalue weighted by Crippen LogP contribution is 2.30. The fraction of sp³-hybridized carbons (Fsp3) is 0.389. The van der Waals surface area contributed by atoms with Gasteiger partial charge >= 0.3 is 5.97 Å². The van der Waals surface area contributed by atoms with Gasteiger partial charge in [-0.1, -0.05) is 13.0 Å². The van der Waals surface area contributed by atoms with Gasteiger partial charge in [0.05, 0.1) is 6.20 Å². The molecule has 3 rings (SSSR count). The Kier molecular flexibility index (Phi) is 5.02. The predicted octanol–water partition coefficient (Wildman–Crippen LogP) is 3.06. The lowest BCUT2D eigenvalue weighted by atomic mass is 10.2. The van der Waals surface area contributed by atoms with Gasteiger partial charge in [0.2, 0.25) is 0 Å². The van der Waals surface area contributed by atoms with E-state index in [1.54, 1.807) is 0 Å². The van der Waals surface area contributed by atoms with Crippen LogP contribution < -0.4 is 5.32 Å². The van der Waals surface area contributed by atoms with Crippen LogP contribution in [0, 0.1) is 0 Å². The summed E-state index contributed by atoms with van der Waals surface area (Å²) >= 11 is 0. The number of aryl methyl sites for hydroxylation is 2. The summed E-state index contributed by atoms with van der Waals surface area (Å²) in [4.78, 5) is 15.5. The molecule has 0 spiro atoms. The smallest absolute Gasteiger partial charge is 0.303 e. The molecule has 7 heteroatoms. The number of aliphatic carboxylic acids is 1. The van der Waals surface area contributed by atoms with Gasteiger partial charge < -0.3 is 10.4 Å². The highest BCUT2D eigenvalue weighted by atomic mass is 16.4. The highest BCUT2D eigenvalue weighted by Gasteiger charge is 2.17. The molecule has 0 bridgehead atoms. The zero-order valence-corrected chi connectivity index (χ0v) is 14.6. The molecule has 25 heavy (non-hydrogen) atoms. The summed E-state index contributed by atoms with van der Waals surface area (Å²) in [7, 11) is 0. The first-order chi connectivity index (χ1) is 12.1. The number of nitrogens with one attached hydrogen (secondary N) is 1. The Hall–Kier alpha value is -2.83. The van der Waals surface area contributed by atoms with Crippen molar-refractivity contribution in [3.63, 3.8) is 0 Å². The zero-order valence-electron chi connectivity index (χ0n) is 14.6. The largest absolute Gasteiger partial charge is 0.481 e. The summed E-state index contributed by atoms with van der Waals surface area (Å²) in [5.41, 5.74) is 3.82. The van der Waals surface area contributed by atoms with Gasteiger partial charge in [-0.15, -0.1) is 0 Å². The van der Waals surface area contributed by atoms with E-state index in [0.717, 1.165) is 41.4 Å². The third-order valence-corrected chi connectivity index (χ3v) is 4.18. The van der Waals surface area contributed by atoms with Crippen LogP contribution in [-0.2, 0) is 17.8 Å². The van der Waals surface area contributed by atoms with Gasteiger partial charge in [0, 0.05) is 37.0 Å². The Balaban J connectivity index is 2.02. The third-order valence-electron chi connectivity index (χ3n) is 4.18. The van der Waals surface area contributed by atoms with Crippen LogP contribution in [0.25, 0.3) is 16.9 Å². The Morgan fingerprint density at radius 2 is 2.16 bits per heavy atom. The highest BCUT2D eigenvalue weighted by molar-refractivity contribution is 5.76. The molecule has 7 nitrogen and oxygen atoms in total. The van der Waals surface area contributed by atoms with E-state index in [-0.39, 0.29) is 6.42 Å². The quantitative estimate of drug-likeness (QED) is 0.615. The second kappa shape index (κ2) is 7.38. The molecule has 0 radical (unpaired) electrons. The van der Waals surface area contributed by atoms with E-state index in [4.69, 9.17) is 10.1 Å². The van der Waals surface area contributed by atoms with Gasteiger partial charge in [-0.25, -0.2) is 4.98 Å². The number of fused-ring (bicyclic) bond motifs is 1. The van der Waals surface area contributed by atoms with Crippen molar-refractivity contribution in [1.82, 2.24) is 19.2 Å². The van der Waals surface area contributed by atoms with Crippen LogP contribution in [0.15, 0.2) is 30.6 Å². The number of pyridine rings is 1. The number of rotatable bonds is 8. The number of imidazole rings is 1. The van der Waals surface area contributed by atoms with E-state index in [1.165, 1.54) is 0 Å². The molecule has 0 aliphatic carbocycles. The van der Waals surface area contributed by atoms with Crippen LogP contribution in [0.3, 0.4) is 0 Å². The van der Waals surface area contributed by atoms with E-state index in [2.05, 4.69) is 27.8 Å². The summed E-state index contributed by atoms with van der Waals surface area (Å²) in [6, 6.07) is 6.07. The van der Waals surface area contributed by atoms with Gasteiger partial charge in [-0.3, -0.25) is 13.9 Å². The average Bonchev–Trinajstić information content (AvgIpc) is 3.22. The normalized spacial score (nSPS) is 11.1. The van der Waals surface area contributed by atoms with Crippen LogP contribution in [0.1, 0.15) is 32.4 Å². The second-order valence-corrected chi connectivity index (χ2v) is 5.88. The Morgan fingerprint density at radius 3 is 2.84 bits per heavy atom. The lowest BCUT2D eigenvalue weighted by Gasteiger charge is -2.10. The minimum Gasteiger partial charge on any atom is -0.481 e. The van der Waals surface area contributed by atoms with Crippen molar-refractivity contribution >= 4 is 17.4 Å². The molecule has 0 atom stereocenters. The van der Waals surface area contributed by atoms with E-state index in [0.29, 0.717) is 13.0 Å². The average molecular weight is 341 g/mol. The molecule has 0 amide bonds. The molecule has 3 heterocycles.